The van der Waals surface area contributed by atoms with Gasteiger partial charge in [0.05, 0.1) is 12.8 Å². The maximum absolute atomic E-state index is 13.4. The Morgan fingerprint density at radius 3 is 2.09 bits per heavy atom. The van der Waals surface area contributed by atoms with E-state index in [-0.39, 0.29) is 17.2 Å². The van der Waals surface area contributed by atoms with Crippen molar-refractivity contribution < 1.29 is 33.4 Å². The maximum Gasteiger partial charge on any atom is 0.328 e. The zero-order valence-corrected chi connectivity index (χ0v) is 19.4. The molecule has 0 heterocycles. The van der Waals surface area contributed by atoms with Gasteiger partial charge in [-0.15, -0.1) is 0 Å². The third-order valence-electron chi connectivity index (χ3n) is 4.75. The highest BCUT2D eigenvalue weighted by atomic mass is 16.6. The number of esters is 3. The fourth-order valence-corrected chi connectivity index (χ4v) is 3.12. The molecule has 33 heavy (non-hydrogen) atoms. The van der Waals surface area contributed by atoms with Crippen LogP contribution < -0.4 is 14.4 Å². The molecule has 0 fully saturated rings. The molecule has 1 unspecified atom stereocenters. The third-order valence-corrected chi connectivity index (χ3v) is 4.75. The quantitative estimate of drug-likeness (QED) is 0.444. The molecule has 1 atom stereocenters. The van der Waals surface area contributed by atoms with E-state index in [4.69, 9.17) is 14.2 Å². The summed E-state index contributed by atoms with van der Waals surface area (Å²) in [5.41, 5.74) is 1.32. The van der Waals surface area contributed by atoms with Gasteiger partial charge in [0.2, 0.25) is 0 Å². The van der Waals surface area contributed by atoms with Gasteiger partial charge in [-0.25, -0.2) is 9.59 Å². The van der Waals surface area contributed by atoms with Crippen LogP contribution in [0.1, 0.15) is 26.3 Å². The second-order valence-electron chi connectivity index (χ2n) is 7.33. The second-order valence-corrected chi connectivity index (χ2v) is 7.33. The fraction of sp³-hybridized carbons (Fsp3) is 0.333. The molecule has 2 amide bonds. The number of anilines is 1. The molecule has 0 saturated carbocycles. The van der Waals surface area contributed by atoms with E-state index in [0.29, 0.717) is 13.0 Å². The molecule has 0 bridgehead atoms. The number of likely N-dealkylation sites (N-methyl/N-ethyl adjacent to an activating group) is 1. The number of hydrogen-bond acceptors (Lipinski definition) is 7. The van der Waals surface area contributed by atoms with Crippen LogP contribution in [-0.2, 0) is 25.5 Å². The predicted octanol–water partition coefficient (Wildman–Crippen LogP) is 3.20. The number of methoxy groups -OCH3 is 1. The number of urea groups is 1. The number of ether oxygens (including phenoxy) is 3. The van der Waals surface area contributed by atoms with Crippen molar-refractivity contribution in [2.24, 2.45) is 0 Å². The Bertz CT molecular complexity index is 1010. The first-order valence-electron chi connectivity index (χ1n) is 10.3. The molecule has 0 spiro atoms. The standard InChI is InChI=1S/C24H28N2O7/c1-16(23(29)31-5)26(24(30)25(4)14-13-19-9-7-6-8-10-19)20-11-12-21(32-17(2)27)22(15-20)33-18(3)28/h6-12,15-16H,13-14H2,1-5H3. The number of carbonyl (C=O) groups is 4. The summed E-state index contributed by atoms with van der Waals surface area (Å²) >= 11 is 0. The zero-order chi connectivity index (χ0) is 24.5. The Morgan fingerprint density at radius 2 is 1.52 bits per heavy atom. The lowest BCUT2D eigenvalue weighted by Crippen LogP contribution is -2.50. The Balaban J connectivity index is 2.39. The van der Waals surface area contributed by atoms with Crippen molar-refractivity contribution in [2.75, 3.05) is 25.6 Å². The molecule has 176 valence electrons. The fourth-order valence-electron chi connectivity index (χ4n) is 3.12. The Hall–Kier alpha value is -3.88. The molecule has 0 aliphatic rings. The minimum absolute atomic E-state index is 0.0111. The lowest BCUT2D eigenvalue weighted by Gasteiger charge is -2.32. The maximum atomic E-state index is 13.4. The zero-order valence-electron chi connectivity index (χ0n) is 19.4. The van der Waals surface area contributed by atoms with Crippen molar-refractivity contribution in [2.45, 2.75) is 33.2 Å². The van der Waals surface area contributed by atoms with Crippen molar-refractivity contribution in [1.82, 2.24) is 4.90 Å². The van der Waals surface area contributed by atoms with E-state index in [1.54, 1.807) is 7.05 Å². The molecular formula is C24H28N2O7. The van der Waals surface area contributed by atoms with Crippen LogP contribution in [0.4, 0.5) is 10.5 Å². The highest BCUT2D eigenvalue weighted by Gasteiger charge is 2.31. The van der Waals surface area contributed by atoms with Crippen LogP contribution in [0.15, 0.2) is 48.5 Å². The topological polar surface area (TPSA) is 102 Å². The van der Waals surface area contributed by atoms with Crippen LogP contribution >= 0.6 is 0 Å². The van der Waals surface area contributed by atoms with E-state index in [2.05, 4.69) is 0 Å². The lowest BCUT2D eigenvalue weighted by molar-refractivity contribution is -0.141. The van der Waals surface area contributed by atoms with E-state index < -0.39 is 30.0 Å². The van der Waals surface area contributed by atoms with Crippen LogP contribution in [0.2, 0.25) is 0 Å². The minimum Gasteiger partial charge on any atom is -0.467 e. The van der Waals surface area contributed by atoms with Gasteiger partial charge >= 0.3 is 23.9 Å². The number of benzene rings is 2. The highest BCUT2D eigenvalue weighted by molar-refractivity contribution is 5.98. The summed E-state index contributed by atoms with van der Waals surface area (Å²) in [6.07, 6.45) is 0.619. The van der Waals surface area contributed by atoms with Gasteiger partial charge in [0, 0.05) is 33.5 Å². The molecule has 0 radical (unpaired) electrons. The molecule has 0 aliphatic heterocycles. The lowest BCUT2D eigenvalue weighted by atomic mass is 10.1. The number of amides is 2. The number of nitrogens with zero attached hydrogens (tertiary/aromatic N) is 2. The van der Waals surface area contributed by atoms with Gasteiger partial charge in [-0.3, -0.25) is 14.5 Å². The van der Waals surface area contributed by atoms with Crippen LogP contribution in [0.3, 0.4) is 0 Å². The van der Waals surface area contributed by atoms with Gasteiger partial charge < -0.3 is 19.1 Å². The van der Waals surface area contributed by atoms with Crippen molar-refractivity contribution in [3.8, 4) is 11.5 Å². The van der Waals surface area contributed by atoms with Crippen molar-refractivity contribution >= 4 is 29.6 Å². The van der Waals surface area contributed by atoms with Crippen molar-refractivity contribution in [1.29, 1.82) is 0 Å². The summed E-state index contributed by atoms with van der Waals surface area (Å²) in [7, 11) is 2.86. The van der Waals surface area contributed by atoms with Gasteiger partial charge in [-0.05, 0) is 31.0 Å². The first kappa shape index (κ1) is 25.4. The molecule has 0 aromatic heterocycles. The van der Waals surface area contributed by atoms with Gasteiger partial charge in [-0.2, -0.15) is 0 Å². The number of rotatable bonds is 8. The molecule has 2 aromatic carbocycles. The monoisotopic (exact) mass is 456 g/mol. The van der Waals surface area contributed by atoms with E-state index in [9.17, 15) is 19.2 Å². The minimum atomic E-state index is -0.980. The van der Waals surface area contributed by atoms with Crippen LogP contribution in [-0.4, -0.2) is 55.6 Å². The molecule has 0 saturated heterocycles. The first-order valence-corrected chi connectivity index (χ1v) is 10.3. The summed E-state index contributed by atoms with van der Waals surface area (Å²) in [4.78, 5) is 51.4. The average Bonchev–Trinajstić information content (AvgIpc) is 2.78. The number of hydrogen-bond donors (Lipinski definition) is 0. The Kier molecular flexibility index (Phi) is 8.97. The normalized spacial score (nSPS) is 11.2. The van der Waals surface area contributed by atoms with E-state index >= 15 is 0 Å². The van der Waals surface area contributed by atoms with Gasteiger partial charge in [-0.1, -0.05) is 30.3 Å². The van der Waals surface area contributed by atoms with Crippen LogP contribution in [0, 0.1) is 0 Å². The molecule has 2 rings (SSSR count). The van der Waals surface area contributed by atoms with E-state index in [1.165, 1.54) is 55.9 Å². The summed E-state index contributed by atoms with van der Waals surface area (Å²) in [6.45, 7) is 4.33. The molecule has 9 heteroatoms. The van der Waals surface area contributed by atoms with Gasteiger partial charge in [0.1, 0.15) is 6.04 Å². The molecule has 0 aliphatic carbocycles. The summed E-state index contributed by atoms with van der Waals surface area (Å²) in [6, 6.07) is 12.5. The molecule has 0 N–H and O–H groups in total. The first-order chi connectivity index (χ1) is 15.6. The summed E-state index contributed by atoms with van der Waals surface area (Å²) < 4.78 is 15.1. The Morgan fingerprint density at radius 1 is 0.909 bits per heavy atom. The molecular weight excluding hydrogens is 428 g/mol. The summed E-state index contributed by atoms with van der Waals surface area (Å²) in [5, 5.41) is 0. The van der Waals surface area contributed by atoms with Crippen molar-refractivity contribution in [3.63, 3.8) is 0 Å². The van der Waals surface area contributed by atoms with Gasteiger partial charge in [0.15, 0.2) is 11.5 Å². The highest BCUT2D eigenvalue weighted by Crippen LogP contribution is 2.34. The van der Waals surface area contributed by atoms with Crippen LogP contribution in [0.5, 0.6) is 11.5 Å². The second kappa shape index (κ2) is 11.7. The third kappa shape index (κ3) is 7.06. The smallest absolute Gasteiger partial charge is 0.328 e. The average molecular weight is 456 g/mol. The van der Waals surface area contributed by atoms with E-state index in [0.717, 1.165) is 5.56 Å². The molecule has 9 nitrogen and oxygen atoms in total. The summed E-state index contributed by atoms with van der Waals surface area (Å²) in [5.74, 6) is -1.92. The van der Waals surface area contributed by atoms with Crippen molar-refractivity contribution in [3.05, 3.63) is 54.1 Å². The SMILES string of the molecule is COC(=O)C(C)N(C(=O)N(C)CCc1ccccc1)c1ccc(OC(C)=O)c(OC(C)=O)c1. The van der Waals surface area contributed by atoms with Gasteiger partial charge in [0.25, 0.3) is 0 Å². The number of carbonyl (C=O) groups excluding carboxylic acids is 4. The largest absolute Gasteiger partial charge is 0.467 e. The molecule has 2 aromatic rings. The van der Waals surface area contributed by atoms with E-state index in [1.807, 2.05) is 30.3 Å². The van der Waals surface area contributed by atoms with Crippen LogP contribution in [0.25, 0.3) is 0 Å². The predicted molar refractivity (Wildman–Crippen MR) is 121 cm³/mol. The Labute approximate surface area is 192 Å².